The van der Waals surface area contributed by atoms with Crippen LogP contribution in [0.1, 0.15) is 24.5 Å². The van der Waals surface area contributed by atoms with Crippen LogP contribution in [-0.2, 0) is 12.8 Å². The first kappa shape index (κ1) is 13.7. The van der Waals surface area contributed by atoms with Crippen LogP contribution in [0.2, 0.25) is 0 Å². The fraction of sp³-hybridized carbons (Fsp3) is 0.375. The molecule has 0 bridgehead atoms. The van der Waals surface area contributed by atoms with Crippen LogP contribution in [0.5, 0.6) is 0 Å². The molecule has 3 heteroatoms. The van der Waals surface area contributed by atoms with Gasteiger partial charge in [-0.2, -0.15) is 0 Å². The van der Waals surface area contributed by atoms with Gasteiger partial charge in [0.2, 0.25) is 0 Å². The van der Waals surface area contributed by atoms with Crippen LogP contribution < -0.4 is 5.32 Å². The van der Waals surface area contributed by atoms with Crippen LogP contribution in [0.15, 0.2) is 49.1 Å². The van der Waals surface area contributed by atoms with Crippen molar-refractivity contribution in [2.75, 3.05) is 6.54 Å². The Labute approximate surface area is 115 Å². The zero-order valence-corrected chi connectivity index (χ0v) is 11.4. The molecule has 2 heterocycles. The number of hydrogen-bond donors (Lipinski definition) is 1. The van der Waals surface area contributed by atoms with Gasteiger partial charge in [0.25, 0.3) is 0 Å². The molecule has 2 rings (SSSR count). The highest BCUT2D eigenvalue weighted by atomic mass is 14.9. The lowest BCUT2D eigenvalue weighted by molar-refractivity contribution is 0.491. The molecular weight excluding hydrogens is 234 g/mol. The minimum absolute atomic E-state index is 0.514. The van der Waals surface area contributed by atoms with Crippen LogP contribution in [0.4, 0.5) is 0 Å². The number of pyridine rings is 2. The highest BCUT2D eigenvalue weighted by Gasteiger charge is 2.08. The van der Waals surface area contributed by atoms with Crippen LogP contribution in [-0.4, -0.2) is 22.6 Å². The molecule has 1 atom stereocenters. The molecule has 1 N–H and O–H groups in total. The summed E-state index contributed by atoms with van der Waals surface area (Å²) in [7, 11) is 0. The molecule has 0 saturated carbocycles. The van der Waals surface area contributed by atoms with Gasteiger partial charge in [-0.1, -0.05) is 6.92 Å². The highest BCUT2D eigenvalue weighted by Crippen LogP contribution is 2.09. The van der Waals surface area contributed by atoms with Crippen molar-refractivity contribution in [2.24, 2.45) is 0 Å². The third-order valence-electron chi connectivity index (χ3n) is 3.26. The molecule has 0 aliphatic heterocycles. The van der Waals surface area contributed by atoms with E-state index < -0.39 is 0 Å². The first-order valence-corrected chi connectivity index (χ1v) is 6.89. The minimum atomic E-state index is 0.514. The van der Waals surface area contributed by atoms with Crippen LogP contribution >= 0.6 is 0 Å². The van der Waals surface area contributed by atoms with Crippen molar-refractivity contribution < 1.29 is 0 Å². The standard InChI is InChI=1S/C16H21N3/c1-2-19-16(13-15-7-11-18-12-8-15)4-3-14-5-9-17-10-6-14/h5-12,16,19H,2-4,13H2,1H3. The molecule has 0 aromatic carbocycles. The molecule has 0 saturated heterocycles. The molecule has 0 aliphatic rings. The summed E-state index contributed by atoms with van der Waals surface area (Å²) in [5, 5.41) is 3.57. The van der Waals surface area contributed by atoms with E-state index in [0.717, 1.165) is 25.8 Å². The van der Waals surface area contributed by atoms with E-state index in [-0.39, 0.29) is 0 Å². The number of nitrogens with one attached hydrogen (secondary N) is 1. The van der Waals surface area contributed by atoms with Crippen LogP contribution in [0, 0.1) is 0 Å². The van der Waals surface area contributed by atoms with Gasteiger partial charge < -0.3 is 5.32 Å². The smallest absolute Gasteiger partial charge is 0.0270 e. The van der Waals surface area contributed by atoms with E-state index >= 15 is 0 Å². The Morgan fingerprint density at radius 2 is 1.53 bits per heavy atom. The van der Waals surface area contributed by atoms with E-state index in [1.807, 2.05) is 24.8 Å². The predicted octanol–water partition coefficient (Wildman–Crippen LogP) is 2.63. The van der Waals surface area contributed by atoms with E-state index in [1.165, 1.54) is 11.1 Å². The van der Waals surface area contributed by atoms with Crippen molar-refractivity contribution in [1.29, 1.82) is 0 Å². The number of hydrogen-bond acceptors (Lipinski definition) is 3. The van der Waals surface area contributed by atoms with Crippen molar-refractivity contribution in [1.82, 2.24) is 15.3 Å². The fourth-order valence-electron chi connectivity index (χ4n) is 2.26. The van der Waals surface area contributed by atoms with Gasteiger partial charge in [-0.3, -0.25) is 9.97 Å². The fourth-order valence-corrected chi connectivity index (χ4v) is 2.26. The summed E-state index contributed by atoms with van der Waals surface area (Å²) in [6.45, 7) is 3.16. The SMILES string of the molecule is CCNC(CCc1ccncc1)Cc1ccncc1. The molecule has 100 valence electrons. The number of aryl methyl sites for hydroxylation is 1. The van der Waals surface area contributed by atoms with Gasteiger partial charge in [0, 0.05) is 30.8 Å². The molecule has 0 spiro atoms. The predicted molar refractivity (Wildman–Crippen MR) is 78.0 cm³/mol. The van der Waals surface area contributed by atoms with E-state index in [4.69, 9.17) is 0 Å². The Kier molecular flexibility index (Phi) is 5.50. The first-order valence-electron chi connectivity index (χ1n) is 6.89. The van der Waals surface area contributed by atoms with Crippen LogP contribution in [0.25, 0.3) is 0 Å². The Hall–Kier alpha value is -1.74. The maximum Gasteiger partial charge on any atom is 0.0270 e. The molecular formula is C16H21N3. The molecule has 0 fully saturated rings. The second-order valence-corrected chi connectivity index (χ2v) is 4.71. The third-order valence-corrected chi connectivity index (χ3v) is 3.26. The molecule has 19 heavy (non-hydrogen) atoms. The van der Waals surface area contributed by atoms with Crippen molar-refractivity contribution in [3.8, 4) is 0 Å². The van der Waals surface area contributed by atoms with Gasteiger partial charge in [-0.05, 0) is 61.2 Å². The Bertz CT molecular complexity index is 456. The number of aromatic nitrogens is 2. The van der Waals surface area contributed by atoms with Crippen molar-refractivity contribution in [3.05, 3.63) is 60.2 Å². The van der Waals surface area contributed by atoms with Gasteiger partial charge in [0.05, 0.1) is 0 Å². The average Bonchev–Trinajstić information content (AvgIpc) is 2.47. The van der Waals surface area contributed by atoms with Gasteiger partial charge in [0.15, 0.2) is 0 Å². The van der Waals surface area contributed by atoms with E-state index in [2.05, 4.69) is 46.5 Å². The second-order valence-electron chi connectivity index (χ2n) is 4.71. The molecule has 0 radical (unpaired) electrons. The lowest BCUT2D eigenvalue weighted by atomic mass is 10.00. The Morgan fingerprint density at radius 3 is 2.11 bits per heavy atom. The summed E-state index contributed by atoms with van der Waals surface area (Å²) < 4.78 is 0. The van der Waals surface area contributed by atoms with E-state index in [0.29, 0.717) is 6.04 Å². The lowest BCUT2D eigenvalue weighted by Gasteiger charge is -2.18. The minimum Gasteiger partial charge on any atom is -0.314 e. The third kappa shape index (κ3) is 4.79. The summed E-state index contributed by atoms with van der Waals surface area (Å²) >= 11 is 0. The van der Waals surface area contributed by atoms with E-state index in [9.17, 15) is 0 Å². The largest absolute Gasteiger partial charge is 0.314 e. The monoisotopic (exact) mass is 255 g/mol. The summed E-state index contributed by atoms with van der Waals surface area (Å²) in [5.74, 6) is 0. The van der Waals surface area contributed by atoms with Gasteiger partial charge in [-0.25, -0.2) is 0 Å². The zero-order chi connectivity index (χ0) is 13.3. The quantitative estimate of drug-likeness (QED) is 0.826. The molecule has 2 aromatic rings. The summed E-state index contributed by atoms with van der Waals surface area (Å²) in [5.41, 5.74) is 2.70. The van der Waals surface area contributed by atoms with Gasteiger partial charge in [-0.15, -0.1) is 0 Å². The van der Waals surface area contributed by atoms with Crippen LogP contribution in [0.3, 0.4) is 0 Å². The normalized spacial score (nSPS) is 12.3. The number of rotatable bonds is 7. The molecule has 0 aliphatic carbocycles. The summed E-state index contributed by atoms with van der Waals surface area (Å²) in [4.78, 5) is 8.12. The number of nitrogens with zero attached hydrogens (tertiary/aromatic N) is 2. The summed E-state index contributed by atoms with van der Waals surface area (Å²) in [6, 6.07) is 8.89. The Morgan fingerprint density at radius 1 is 0.947 bits per heavy atom. The van der Waals surface area contributed by atoms with Crippen molar-refractivity contribution in [2.45, 2.75) is 32.2 Å². The van der Waals surface area contributed by atoms with E-state index in [1.54, 1.807) is 0 Å². The maximum atomic E-state index is 4.06. The Balaban J connectivity index is 1.89. The topological polar surface area (TPSA) is 37.8 Å². The second kappa shape index (κ2) is 7.64. The van der Waals surface area contributed by atoms with Gasteiger partial charge in [0.1, 0.15) is 0 Å². The number of likely N-dealkylation sites (N-methyl/N-ethyl adjacent to an activating group) is 1. The molecule has 3 nitrogen and oxygen atoms in total. The molecule has 2 aromatic heterocycles. The van der Waals surface area contributed by atoms with Crippen molar-refractivity contribution >= 4 is 0 Å². The lowest BCUT2D eigenvalue weighted by Crippen LogP contribution is -2.31. The molecule has 0 amide bonds. The van der Waals surface area contributed by atoms with Gasteiger partial charge >= 0.3 is 0 Å². The molecule has 1 unspecified atom stereocenters. The average molecular weight is 255 g/mol. The first-order chi connectivity index (χ1) is 9.38. The van der Waals surface area contributed by atoms with Crippen molar-refractivity contribution in [3.63, 3.8) is 0 Å². The zero-order valence-electron chi connectivity index (χ0n) is 11.4. The maximum absolute atomic E-state index is 4.06. The highest BCUT2D eigenvalue weighted by molar-refractivity contribution is 5.13. The summed E-state index contributed by atoms with van der Waals surface area (Å²) in [6.07, 6.45) is 10.7.